The Balaban J connectivity index is 2.24. The fourth-order valence-electron chi connectivity index (χ4n) is 2.76. The molecule has 1 aromatic rings. The summed E-state index contributed by atoms with van der Waals surface area (Å²) in [7, 11) is -4.87. The molecule has 0 bridgehead atoms. The van der Waals surface area contributed by atoms with E-state index in [2.05, 4.69) is 14.0 Å². The van der Waals surface area contributed by atoms with Crippen LogP contribution in [-0.2, 0) is 18.3 Å². The lowest BCUT2D eigenvalue weighted by Crippen LogP contribution is -2.35. The smallest absolute Gasteiger partial charge is 0.399 e. The fraction of sp³-hybridized carbons (Fsp3) is 0.714. The number of amides is 1. The lowest BCUT2D eigenvalue weighted by Gasteiger charge is -2.28. The molecule has 0 aliphatic carbocycles. The van der Waals surface area contributed by atoms with Crippen molar-refractivity contribution in [2.75, 3.05) is 13.2 Å². The maximum absolute atomic E-state index is 14.6. The molecular formula is C14H22F2N3O8P. The highest BCUT2D eigenvalue weighted by atomic mass is 31.2. The number of alkyl halides is 2. The maximum Gasteiger partial charge on any atom is 0.399 e. The first kappa shape index (κ1) is 22.7. The normalized spacial score (nSPS) is 25.9. The van der Waals surface area contributed by atoms with Crippen molar-refractivity contribution in [3.05, 3.63) is 12.0 Å². The molecule has 0 spiro atoms. The van der Waals surface area contributed by atoms with Crippen LogP contribution in [0.5, 0.6) is 5.88 Å². The standard InChI is InChI=1S/C14H22F2N3O8P/c1-3-25-28(24,26-4-2)14(15,16)5-7-9(20)10(21)13(27-7)19-6-18-8(11(17)22)12(19)23/h6-7,9-10,13,20-21,23H,3-5H2,1-2H3,(H2,17,22)/t7-,9-,10-,13-/m1/s1. The first-order valence-corrected chi connectivity index (χ1v) is 9.87. The van der Waals surface area contributed by atoms with Crippen molar-refractivity contribution in [1.29, 1.82) is 0 Å². The van der Waals surface area contributed by atoms with E-state index in [1.54, 1.807) is 0 Å². The van der Waals surface area contributed by atoms with Gasteiger partial charge in [0.15, 0.2) is 11.9 Å². The summed E-state index contributed by atoms with van der Waals surface area (Å²) in [5.74, 6) is -1.84. The Kier molecular flexibility index (Phi) is 6.79. The number of hydrogen-bond donors (Lipinski definition) is 4. The molecule has 1 aromatic heterocycles. The molecule has 160 valence electrons. The molecule has 0 radical (unpaired) electrons. The first-order valence-electron chi connectivity index (χ1n) is 8.33. The van der Waals surface area contributed by atoms with Crippen LogP contribution < -0.4 is 5.73 Å². The van der Waals surface area contributed by atoms with Gasteiger partial charge in [-0.15, -0.1) is 0 Å². The number of halogens is 2. The number of aliphatic hydroxyl groups is 2. The van der Waals surface area contributed by atoms with Crippen LogP contribution in [0.4, 0.5) is 8.78 Å². The van der Waals surface area contributed by atoms with Crippen LogP contribution in [0.1, 0.15) is 37.0 Å². The number of carbonyl (C=O) groups excluding carboxylic acids is 1. The molecule has 11 nitrogen and oxygen atoms in total. The van der Waals surface area contributed by atoms with Gasteiger partial charge >= 0.3 is 13.3 Å². The SMILES string of the molecule is CCOP(=O)(OCC)C(F)(F)C[C@H]1O[C@@H](n2cnc(C(N)=O)c2O)[C@H](O)[C@@H]1O. The zero-order chi connectivity index (χ0) is 21.3. The summed E-state index contributed by atoms with van der Waals surface area (Å²) in [5.41, 5.74) is 0.454. The van der Waals surface area contributed by atoms with Gasteiger partial charge in [0.25, 0.3) is 5.91 Å². The second-order valence-corrected chi connectivity index (χ2v) is 8.10. The molecular weight excluding hydrogens is 407 g/mol. The molecule has 0 aromatic carbocycles. The van der Waals surface area contributed by atoms with Gasteiger partial charge in [0.1, 0.15) is 18.5 Å². The minimum Gasteiger partial charge on any atom is -0.493 e. The quantitative estimate of drug-likeness (QED) is 0.410. The Morgan fingerprint density at radius 2 is 1.93 bits per heavy atom. The summed E-state index contributed by atoms with van der Waals surface area (Å²) in [6.45, 7) is 2.12. The predicted molar refractivity (Wildman–Crippen MR) is 88.8 cm³/mol. The van der Waals surface area contributed by atoms with Crippen molar-refractivity contribution in [3.8, 4) is 5.88 Å². The van der Waals surface area contributed by atoms with Gasteiger partial charge in [0, 0.05) is 0 Å². The van der Waals surface area contributed by atoms with Crippen LogP contribution in [0, 0.1) is 0 Å². The van der Waals surface area contributed by atoms with Gasteiger partial charge in [-0.25, -0.2) is 4.98 Å². The Morgan fingerprint density at radius 3 is 2.39 bits per heavy atom. The number of primary amides is 1. The maximum atomic E-state index is 14.6. The second-order valence-electron chi connectivity index (χ2n) is 5.94. The van der Waals surface area contributed by atoms with E-state index in [9.17, 15) is 33.5 Å². The van der Waals surface area contributed by atoms with Crippen LogP contribution in [0.25, 0.3) is 0 Å². The van der Waals surface area contributed by atoms with E-state index >= 15 is 0 Å². The number of rotatable bonds is 9. The van der Waals surface area contributed by atoms with Gasteiger partial charge in [0.05, 0.1) is 25.7 Å². The van der Waals surface area contributed by atoms with Gasteiger partial charge in [-0.2, -0.15) is 8.78 Å². The molecule has 2 rings (SSSR count). The first-order chi connectivity index (χ1) is 13.0. The van der Waals surface area contributed by atoms with Crippen molar-refractivity contribution in [3.63, 3.8) is 0 Å². The fourth-order valence-corrected chi connectivity index (χ4v) is 4.30. The molecule has 1 saturated heterocycles. The highest BCUT2D eigenvalue weighted by molar-refractivity contribution is 7.55. The van der Waals surface area contributed by atoms with Gasteiger partial charge in [-0.05, 0) is 13.8 Å². The molecule has 1 fully saturated rings. The van der Waals surface area contributed by atoms with Crippen LogP contribution in [0.15, 0.2) is 6.33 Å². The average Bonchev–Trinajstić information content (AvgIpc) is 3.10. The highest BCUT2D eigenvalue weighted by Gasteiger charge is 2.58. The number of ether oxygens (including phenoxy) is 1. The molecule has 2 heterocycles. The highest BCUT2D eigenvalue weighted by Crippen LogP contribution is 2.64. The summed E-state index contributed by atoms with van der Waals surface area (Å²) in [4.78, 5) is 14.7. The van der Waals surface area contributed by atoms with E-state index in [1.165, 1.54) is 13.8 Å². The molecule has 28 heavy (non-hydrogen) atoms. The lowest BCUT2D eigenvalue weighted by atomic mass is 10.1. The number of imidazole rings is 1. The number of carbonyl (C=O) groups is 1. The Hall–Kier alpha value is -1.63. The number of aromatic nitrogens is 2. The molecule has 1 aliphatic heterocycles. The summed E-state index contributed by atoms with van der Waals surface area (Å²) in [6, 6.07) is 0. The minimum absolute atomic E-state index is 0.301. The van der Waals surface area contributed by atoms with E-state index in [0.29, 0.717) is 0 Å². The van der Waals surface area contributed by atoms with Crippen molar-refractivity contribution < 1.29 is 47.2 Å². The summed E-state index contributed by atoms with van der Waals surface area (Å²) < 4.78 is 56.9. The van der Waals surface area contributed by atoms with E-state index in [4.69, 9.17) is 10.5 Å². The van der Waals surface area contributed by atoms with Crippen LogP contribution in [-0.4, -0.2) is 68.0 Å². The van der Waals surface area contributed by atoms with Crippen molar-refractivity contribution in [2.45, 2.75) is 50.5 Å². The molecule has 14 heteroatoms. The van der Waals surface area contributed by atoms with Gasteiger partial charge < -0.3 is 34.8 Å². The number of aromatic hydroxyl groups is 1. The molecule has 0 unspecified atom stereocenters. The van der Waals surface area contributed by atoms with Crippen molar-refractivity contribution in [2.24, 2.45) is 5.73 Å². The van der Waals surface area contributed by atoms with Crippen molar-refractivity contribution >= 4 is 13.5 Å². The minimum atomic E-state index is -4.87. The largest absolute Gasteiger partial charge is 0.493 e. The number of hydrogen-bond acceptors (Lipinski definition) is 9. The Morgan fingerprint density at radius 1 is 1.36 bits per heavy atom. The topological polar surface area (TPSA) is 166 Å². The Bertz CT molecular complexity index is 751. The lowest BCUT2D eigenvalue weighted by molar-refractivity contribution is -0.0736. The summed E-state index contributed by atoms with van der Waals surface area (Å²) in [6.07, 6.45) is -7.23. The van der Waals surface area contributed by atoms with Gasteiger partial charge in [-0.3, -0.25) is 13.9 Å². The molecule has 1 amide bonds. The third kappa shape index (κ3) is 4.04. The van der Waals surface area contributed by atoms with E-state index in [0.717, 1.165) is 10.9 Å². The molecule has 5 N–H and O–H groups in total. The average molecular weight is 429 g/mol. The van der Waals surface area contributed by atoms with Gasteiger partial charge in [0.2, 0.25) is 5.88 Å². The van der Waals surface area contributed by atoms with Crippen molar-refractivity contribution in [1.82, 2.24) is 9.55 Å². The molecule has 4 atom stereocenters. The number of nitrogens with zero attached hydrogens (tertiary/aromatic N) is 2. The van der Waals surface area contributed by atoms with E-state index in [1.807, 2.05) is 0 Å². The molecule has 1 aliphatic rings. The zero-order valence-electron chi connectivity index (χ0n) is 15.1. The zero-order valence-corrected chi connectivity index (χ0v) is 16.0. The summed E-state index contributed by atoms with van der Waals surface area (Å²) in [5, 5.41) is 30.2. The third-order valence-electron chi connectivity index (χ3n) is 4.06. The molecule has 0 saturated carbocycles. The van der Waals surface area contributed by atoms with E-state index < -0.39 is 61.7 Å². The van der Waals surface area contributed by atoms with Crippen LogP contribution in [0.2, 0.25) is 0 Å². The van der Waals surface area contributed by atoms with E-state index in [-0.39, 0.29) is 13.2 Å². The van der Waals surface area contributed by atoms with Crippen LogP contribution in [0.3, 0.4) is 0 Å². The second kappa shape index (κ2) is 8.39. The Labute approximate surface area is 158 Å². The monoisotopic (exact) mass is 429 g/mol. The predicted octanol–water partition coefficient (Wildman–Crippen LogP) is 0.556. The number of aliphatic hydroxyl groups excluding tert-OH is 2. The summed E-state index contributed by atoms with van der Waals surface area (Å²) >= 11 is 0. The van der Waals surface area contributed by atoms with Crippen LogP contribution >= 0.6 is 7.60 Å². The third-order valence-corrected chi connectivity index (χ3v) is 6.24. The number of nitrogens with two attached hydrogens (primary N) is 1. The van der Waals surface area contributed by atoms with Gasteiger partial charge in [-0.1, -0.05) is 0 Å².